The fourth-order valence-corrected chi connectivity index (χ4v) is 6.18. The van der Waals surface area contributed by atoms with Crippen LogP contribution in [-0.2, 0) is 19.7 Å². The van der Waals surface area contributed by atoms with Crippen molar-refractivity contribution < 1.29 is 23.9 Å². The second kappa shape index (κ2) is 11.3. The highest BCUT2D eigenvalue weighted by Gasteiger charge is 2.49. The van der Waals surface area contributed by atoms with E-state index in [9.17, 15) is 14.4 Å². The lowest BCUT2D eigenvalue weighted by Gasteiger charge is -2.42. The first-order valence-corrected chi connectivity index (χ1v) is 13.5. The quantitative estimate of drug-likeness (QED) is 0.480. The van der Waals surface area contributed by atoms with E-state index in [1.807, 2.05) is 71.6 Å². The molecular formula is C32H34N2O5. The third-order valence-corrected chi connectivity index (χ3v) is 8.20. The summed E-state index contributed by atoms with van der Waals surface area (Å²) in [6, 6.07) is 24.6. The third kappa shape index (κ3) is 4.89. The standard InChI is InChI=1S/C32H34N2O5/c1-38-28-15-9-7-13-26(28)29(35)33-23-17-20-34(21-18-23)30(36)25-16-19-32(31(37)39-2,22-10-4-3-5-11-22)27-14-8-6-12-24(25)27/h3-15,23,25H,16-21H2,1-2H3,(H,33,35)/t25-,32+/m1/s1. The van der Waals surface area contributed by atoms with Crippen LogP contribution in [0.4, 0.5) is 0 Å². The Bertz CT molecular complexity index is 1350. The summed E-state index contributed by atoms with van der Waals surface area (Å²) in [7, 11) is 2.97. The predicted molar refractivity (Wildman–Crippen MR) is 148 cm³/mol. The second-order valence-electron chi connectivity index (χ2n) is 10.2. The fraction of sp³-hybridized carbons (Fsp3) is 0.344. The summed E-state index contributed by atoms with van der Waals surface area (Å²) in [6.45, 7) is 1.13. The van der Waals surface area contributed by atoms with E-state index in [4.69, 9.17) is 9.47 Å². The first-order chi connectivity index (χ1) is 19.0. The number of ether oxygens (including phenoxy) is 2. The molecule has 5 rings (SSSR count). The number of amides is 2. The highest BCUT2D eigenvalue weighted by molar-refractivity contribution is 5.97. The van der Waals surface area contributed by atoms with E-state index in [1.54, 1.807) is 19.2 Å². The van der Waals surface area contributed by atoms with Gasteiger partial charge in [-0.3, -0.25) is 14.4 Å². The zero-order valence-electron chi connectivity index (χ0n) is 22.4. The van der Waals surface area contributed by atoms with Gasteiger partial charge in [-0.05, 0) is 54.5 Å². The van der Waals surface area contributed by atoms with Gasteiger partial charge in [0.05, 0.1) is 25.7 Å². The minimum atomic E-state index is -0.945. The zero-order chi connectivity index (χ0) is 27.4. The van der Waals surface area contributed by atoms with E-state index in [2.05, 4.69) is 5.32 Å². The number of carbonyl (C=O) groups is 3. The van der Waals surface area contributed by atoms with Crippen molar-refractivity contribution in [1.29, 1.82) is 0 Å². The molecule has 7 nitrogen and oxygen atoms in total. The lowest BCUT2D eigenvalue weighted by atomic mass is 9.63. The Morgan fingerprint density at radius 3 is 2.23 bits per heavy atom. The number of hydrogen-bond acceptors (Lipinski definition) is 5. The van der Waals surface area contributed by atoms with Gasteiger partial charge in [0.2, 0.25) is 5.91 Å². The average Bonchev–Trinajstić information content (AvgIpc) is 3.00. The molecule has 2 aliphatic rings. The van der Waals surface area contributed by atoms with Gasteiger partial charge in [0, 0.05) is 19.1 Å². The molecule has 1 N–H and O–H groups in total. The number of para-hydroxylation sites is 1. The molecule has 3 aromatic carbocycles. The molecule has 202 valence electrons. The molecule has 0 bridgehead atoms. The number of nitrogens with one attached hydrogen (secondary N) is 1. The van der Waals surface area contributed by atoms with E-state index in [0.717, 1.165) is 16.7 Å². The van der Waals surface area contributed by atoms with Crippen molar-refractivity contribution in [3.8, 4) is 5.75 Å². The topological polar surface area (TPSA) is 84.9 Å². The molecule has 0 spiro atoms. The zero-order valence-corrected chi connectivity index (χ0v) is 22.4. The van der Waals surface area contributed by atoms with Crippen LogP contribution in [0.25, 0.3) is 0 Å². The lowest BCUT2D eigenvalue weighted by molar-refractivity contribution is -0.147. The highest BCUT2D eigenvalue weighted by atomic mass is 16.5. The van der Waals surface area contributed by atoms with Gasteiger partial charge in [0.25, 0.3) is 5.91 Å². The molecule has 1 aliphatic carbocycles. The third-order valence-electron chi connectivity index (χ3n) is 8.20. The number of hydrogen-bond donors (Lipinski definition) is 1. The first-order valence-electron chi connectivity index (χ1n) is 13.5. The van der Waals surface area contributed by atoms with E-state index in [0.29, 0.717) is 50.1 Å². The Balaban J connectivity index is 1.32. The first kappa shape index (κ1) is 26.5. The van der Waals surface area contributed by atoms with Gasteiger partial charge in [-0.25, -0.2) is 0 Å². The predicted octanol–water partition coefficient (Wildman–Crippen LogP) is 4.45. The summed E-state index contributed by atoms with van der Waals surface area (Å²) in [5, 5.41) is 3.10. The SMILES string of the molecule is COC(=O)[C@]1(c2ccccc2)CC[C@@H](C(=O)N2CCC(NC(=O)c3ccccc3OC)CC2)c2ccccc21. The van der Waals surface area contributed by atoms with Gasteiger partial charge in [0.15, 0.2) is 0 Å². The monoisotopic (exact) mass is 526 g/mol. The van der Waals surface area contributed by atoms with E-state index in [1.165, 1.54) is 7.11 Å². The molecule has 1 saturated heterocycles. The van der Waals surface area contributed by atoms with Gasteiger partial charge in [-0.15, -0.1) is 0 Å². The number of rotatable bonds is 6. The van der Waals surface area contributed by atoms with Crippen molar-refractivity contribution in [2.24, 2.45) is 0 Å². The minimum Gasteiger partial charge on any atom is -0.496 e. The molecular weight excluding hydrogens is 492 g/mol. The smallest absolute Gasteiger partial charge is 0.320 e. The van der Waals surface area contributed by atoms with Crippen molar-refractivity contribution in [2.75, 3.05) is 27.3 Å². The second-order valence-corrected chi connectivity index (χ2v) is 10.2. The maximum Gasteiger partial charge on any atom is 0.320 e. The summed E-state index contributed by atoms with van der Waals surface area (Å²) in [5.41, 5.74) is 2.16. The fourth-order valence-electron chi connectivity index (χ4n) is 6.18. The number of nitrogens with zero attached hydrogens (tertiary/aromatic N) is 1. The number of piperidine rings is 1. The maximum atomic E-state index is 13.8. The largest absolute Gasteiger partial charge is 0.496 e. The van der Waals surface area contributed by atoms with E-state index in [-0.39, 0.29) is 29.7 Å². The van der Waals surface area contributed by atoms with Gasteiger partial charge >= 0.3 is 5.97 Å². The van der Waals surface area contributed by atoms with E-state index < -0.39 is 5.41 Å². The number of likely N-dealkylation sites (tertiary alicyclic amines) is 1. The molecule has 2 atom stereocenters. The Morgan fingerprint density at radius 2 is 1.51 bits per heavy atom. The van der Waals surface area contributed by atoms with Crippen molar-refractivity contribution in [3.05, 3.63) is 101 Å². The highest BCUT2D eigenvalue weighted by Crippen LogP contribution is 2.48. The molecule has 1 fully saturated rings. The van der Waals surface area contributed by atoms with Crippen molar-refractivity contribution in [2.45, 2.75) is 43.1 Å². The molecule has 1 aliphatic heterocycles. The van der Waals surface area contributed by atoms with Crippen LogP contribution in [0.2, 0.25) is 0 Å². The summed E-state index contributed by atoms with van der Waals surface area (Å²) in [6.07, 6.45) is 2.39. The maximum absolute atomic E-state index is 13.8. The van der Waals surface area contributed by atoms with Crippen LogP contribution in [0.5, 0.6) is 5.75 Å². The molecule has 3 aromatic rings. The normalized spacial score (nSPS) is 21.0. The van der Waals surface area contributed by atoms with Crippen LogP contribution in [0.1, 0.15) is 58.6 Å². The average molecular weight is 527 g/mol. The van der Waals surface area contributed by atoms with Gasteiger partial charge in [-0.2, -0.15) is 0 Å². The summed E-state index contributed by atoms with van der Waals surface area (Å²) in [4.78, 5) is 41.9. The van der Waals surface area contributed by atoms with Crippen molar-refractivity contribution in [1.82, 2.24) is 10.2 Å². The summed E-state index contributed by atoms with van der Waals surface area (Å²) >= 11 is 0. The molecule has 39 heavy (non-hydrogen) atoms. The van der Waals surface area contributed by atoms with E-state index >= 15 is 0 Å². The minimum absolute atomic E-state index is 0.0184. The number of carbonyl (C=O) groups excluding carboxylic acids is 3. The van der Waals surface area contributed by atoms with Gasteiger partial charge < -0.3 is 19.7 Å². The Morgan fingerprint density at radius 1 is 0.846 bits per heavy atom. The number of esters is 1. The summed E-state index contributed by atoms with van der Waals surface area (Å²) < 4.78 is 10.7. The Hall–Kier alpha value is -4.13. The molecule has 7 heteroatoms. The van der Waals surface area contributed by atoms with Crippen LogP contribution in [0.3, 0.4) is 0 Å². The molecule has 2 amide bonds. The van der Waals surface area contributed by atoms with Gasteiger partial charge in [0.1, 0.15) is 11.2 Å². The van der Waals surface area contributed by atoms with Crippen molar-refractivity contribution >= 4 is 17.8 Å². The van der Waals surface area contributed by atoms with Crippen LogP contribution in [0, 0.1) is 0 Å². The van der Waals surface area contributed by atoms with Crippen LogP contribution < -0.4 is 10.1 Å². The number of benzene rings is 3. The van der Waals surface area contributed by atoms with Crippen LogP contribution >= 0.6 is 0 Å². The molecule has 0 aromatic heterocycles. The van der Waals surface area contributed by atoms with Crippen LogP contribution in [0.15, 0.2) is 78.9 Å². The van der Waals surface area contributed by atoms with Crippen LogP contribution in [-0.4, -0.2) is 56.0 Å². The molecule has 0 unspecified atom stereocenters. The lowest BCUT2D eigenvalue weighted by Crippen LogP contribution is -2.49. The number of methoxy groups -OCH3 is 2. The van der Waals surface area contributed by atoms with Crippen molar-refractivity contribution in [3.63, 3.8) is 0 Å². The Kier molecular flexibility index (Phi) is 7.68. The summed E-state index contributed by atoms with van der Waals surface area (Å²) in [5.74, 6) is -0.194. The molecule has 0 saturated carbocycles. The van der Waals surface area contributed by atoms with Gasteiger partial charge in [-0.1, -0.05) is 66.7 Å². The Labute approximate surface area is 229 Å². The number of fused-ring (bicyclic) bond motifs is 1. The molecule has 1 heterocycles. The molecule has 0 radical (unpaired) electrons.